The molecule has 70 valence electrons. The Morgan fingerprint density at radius 3 is 2.58 bits per heavy atom. The van der Waals surface area contributed by atoms with E-state index < -0.39 is 0 Å². The van der Waals surface area contributed by atoms with E-state index in [4.69, 9.17) is 0 Å². The molecular formula is C10H20N2. The van der Waals surface area contributed by atoms with E-state index in [1.165, 1.54) is 6.42 Å². The predicted molar refractivity (Wildman–Crippen MR) is 54.9 cm³/mol. The molecule has 0 saturated heterocycles. The van der Waals surface area contributed by atoms with Gasteiger partial charge in [0, 0.05) is 20.6 Å². The summed E-state index contributed by atoms with van der Waals surface area (Å²) in [4.78, 5) is 0. The Bertz CT molecular complexity index is 128. The van der Waals surface area contributed by atoms with Gasteiger partial charge in [-0.25, -0.2) is 0 Å². The quantitative estimate of drug-likeness (QED) is 0.355. The highest BCUT2D eigenvalue weighted by atomic mass is 15.5. The lowest BCUT2D eigenvalue weighted by molar-refractivity contribution is 0.306. The molecule has 0 aromatic heterocycles. The summed E-state index contributed by atoms with van der Waals surface area (Å²) in [6.07, 6.45) is 9.81. The van der Waals surface area contributed by atoms with Crippen LogP contribution in [0.25, 0.3) is 0 Å². The summed E-state index contributed by atoms with van der Waals surface area (Å²) in [6.45, 7) is 4.59. The minimum absolute atomic E-state index is 0.918. The van der Waals surface area contributed by atoms with Crippen LogP contribution < -0.4 is 5.43 Å². The largest absolute Gasteiger partial charge is 0.252 e. The van der Waals surface area contributed by atoms with Crippen molar-refractivity contribution >= 4 is 0 Å². The summed E-state index contributed by atoms with van der Waals surface area (Å²) < 4.78 is 0. The minimum Gasteiger partial charge on any atom is -0.252 e. The average molecular weight is 168 g/mol. The van der Waals surface area contributed by atoms with Gasteiger partial charge in [0.15, 0.2) is 0 Å². The van der Waals surface area contributed by atoms with Crippen LogP contribution in [0.3, 0.4) is 0 Å². The lowest BCUT2D eigenvalue weighted by Crippen LogP contribution is -2.30. The molecule has 0 rings (SSSR count). The molecule has 0 fully saturated rings. The predicted octanol–water partition coefficient (Wildman–Crippen LogP) is 1.97. The molecule has 0 amide bonds. The molecule has 0 atom stereocenters. The molecule has 0 heterocycles. The van der Waals surface area contributed by atoms with Crippen LogP contribution in [0.15, 0.2) is 24.8 Å². The molecule has 0 radical (unpaired) electrons. The molecule has 12 heavy (non-hydrogen) atoms. The standard InChI is InChI=1S/C10H20N2/c1-4-5-6-7-8-9-10-11-12(2)3/h4,8-9,11H,1,5-7,10H2,2-3H3. The molecule has 0 saturated carbocycles. The molecule has 0 aliphatic carbocycles. The zero-order chi connectivity index (χ0) is 9.23. The van der Waals surface area contributed by atoms with Gasteiger partial charge in [0.1, 0.15) is 0 Å². The SMILES string of the molecule is C=CCCCC=CCNN(C)C. The topological polar surface area (TPSA) is 15.3 Å². The molecule has 0 aliphatic heterocycles. The Morgan fingerprint density at radius 2 is 2.00 bits per heavy atom. The molecule has 0 aromatic rings. The first-order chi connectivity index (χ1) is 5.77. The monoisotopic (exact) mass is 168 g/mol. The number of allylic oxidation sites excluding steroid dienone is 2. The third-order valence-electron chi connectivity index (χ3n) is 1.47. The average Bonchev–Trinajstić information content (AvgIpc) is 2.02. The van der Waals surface area contributed by atoms with Crippen LogP contribution in [0, 0.1) is 0 Å². The van der Waals surface area contributed by atoms with Crippen molar-refractivity contribution in [2.24, 2.45) is 0 Å². The Labute approximate surface area is 75.9 Å². The summed E-state index contributed by atoms with van der Waals surface area (Å²) in [5.74, 6) is 0. The van der Waals surface area contributed by atoms with Crippen molar-refractivity contribution in [2.75, 3.05) is 20.6 Å². The number of hydrazine groups is 1. The van der Waals surface area contributed by atoms with Gasteiger partial charge in [-0.3, -0.25) is 10.4 Å². The van der Waals surface area contributed by atoms with Gasteiger partial charge >= 0.3 is 0 Å². The van der Waals surface area contributed by atoms with Crippen LogP contribution in [0.2, 0.25) is 0 Å². The van der Waals surface area contributed by atoms with E-state index in [2.05, 4.69) is 24.2 Å². The fourth-order valence-corrected chi connectivity index (χ4v) is 0.817. The van der Waals surface area contributed by atoms with Crippen LogP contribution in [0.4, 0.5) is 0 Å². The van der Waals surface area contributed by atoms with E-state index in [1.807, 2.05) is 25.2 Å². The fraction of sp³-hybridized carbons (Fsp3) is 0.600. The van der Waals surface area contributed by atoms with Gasteiger partial charge in [-0.15, -0.1) is 6.58 Å². The molecule has 0 spiro atoms. The third kappa shape index (κ3) is 9.40. The molecule has 0 aromatic carbocycles. The summed E-state index contributed by atoms with van der Waals surface area (Å²) in [5, 5.41) is 1.95. The van der Waals surface area contributed by atoms with Crippen molar-refractivity contribution in [2.45, 2.75) is 19.3 Å². The van der Waals surface area contributed by atoms with Crippen LogP contribution >= 0.6 is 0 Å². The smallest absolute Gasteiger partial charge is 0.0283 e. The molecular weight excluding hydrogens is 148 g/mol. The second-order valence-electron chi connectivity index (χ2n) is 2.95. The van der Waals surface area contributed by atoms with Gasteiger partial charge in [-0.1, -0.05) is 18.2 Å². The van der Waals surface area contributed by atoms with E-state index >= 15 is 0 Å². The summed E-state index contributed by atoms with van der Waals surface area (Å²) in [6, 6.07) is 0. The second-order valence-corrected chi connectivity index (χ2v) is 2.95. The van der Waals surface area contributed by atoms with Gasteiger partial charge in [-0.2, -0.15) is 0 Å². The van der Waals surface area contributed by atoms with Gasteiger partial charge in [0.05, 0.1) is 0 Å². The highest BCUT2D eigenvalue weighted by molar-refractivity contribution is 4.83. The first kappa shape index (κ1) is 11.4. The van der Waals surface area contributed by atoms with Gasteiger partial charge < -0.3 is 0 Å². The Hall–Kier alpha value is -0.600. The first-order valence-electron chi connectivity index (χ1n) is 4.44. The van der Waals surface area contributed by atoms with Crippen LogP contribution in [0.1, 0.15) is 19.3 Å². The Balaban J connectivity index is 3.08. The first-order valence-corrected chi connectivity index (χ1v) is 4.44. The lowest BCUT2D eigenvalue weighted by Gasteiger charge is -2.08. The van der Waals surface area contributed by atoms with Gasteiger partial charge in [0.2, 0.25) is 0 Å². The number of nitrogens with zero attached hydrogens (tertiary/aromatic N) is 1. The van der Waals surface area contributed by atoms with E-state index in [0.29, 0.717) is 0 Å². The van der Waals surface area contributed by atoms with E-state index in [1.54, 1.807) is 0 Å². The molecule has 0 unspecified atom stereocenters. The molecule has 2 nitrogen and oxygen atoms in total. The summed E-state index contributed by atoms with van der Waals surface area (Å²) >= 11 is 0. The zero-order valence-corrected chi connectivity index (χ0v) is 8.21. The number of rotatable bonds is 7. The van der Waals surface area contributed by atoms with Gasteiger partial charge in [0.25, 0.3) is 0 Å². The van der Waals surface area contributed by atoms with Gasteiger partial charge in [-0.05, 0) is 19.3 Å². The second kappa shape index (κ2) is 8.50. The van der Waals surface area contributed by atoms with E-state index in [-0.39, 0.29) is 0 Å². The number of unbranched alkanes of at least 4 members (excludes halogenated alkanes) is 2. The van der Waals surface area contributed by atoms with Crippen molar-refractivity contribution in [3.63, 3.8) is 0 Å². The maximum Gasteiger partial charge on any atom is 0.0283 e. The summed E-state index contributed by atoms with van der Waals surface area (Å²) in [7, 11) is 3.98. The van der Waals surface area contributed by atoms with Crippen LogP contribution in [0.5, 0.6) is 0 Å². The lowest BCUT2D eigenvalue weighted by atomic mass is 10.2. The highest BCUT2D eigenvalue weighted by Gasteiger charge is 1.82. The third-order valence-corrected chi connectivity index (χ3v) is 1.47. The summed E-state index contributed by atoms with van der Waals surface area (Å²) in [5.41, 5.74) is 3.16. The molecule has 0 bridgehead atoms. The van der Waals surface area contributed by atoms with E-state index in [9.17, 15) is 0 Å². The number of hydrogen-bond donors (Lipinski definition) is 1. The number of hydrogen-bond acceptors (Lipinski definition) is 2. The van der Waals surface area contributed by atoms with Crippen molar-refractivity contribution in [3.8, 4) is 0 Å². The normalized spacial score (nSPS) is 11.2. The fourth-order valence-electron chi connectivity index (χ4n) is 0.817. The van der Waals surface area contributed by atoms with Crippen LogP contribution in [-0.2, 0) is 0 Å². The minimum atomic E-state index is 0.918. The highest BCUT2D eigenvalue weighted by Crippen LogP contribution is 1.95. The van der Waals surface area contributed by atoms with Crippen molar-refractivity contribution < 1.29 is 0 Å². The number of nitrogens with one attached hydrogen (secondary N) is 1. The Kier molecular flexibility index (Phi) is 8.07. The van der Waals surface area contributed by atoms with Crippen molar-refractivity contribution in [1.82, 2.24) is 10.4 Å². The van der Waals surface area contributed by atoms with E-state index in [0.717, 1.165) is 19.4 Å². The molecule has 1 N–H and O–H groups in total. The Morgan fingerprint density at radius 1 is 1.25 bits per heavy atom. The van der Waals surface area contributed by atoms with Crippen molar-refractivity contribution in [3.05, 3.63) is 24.8 Å². The molecule has 2 heteroatoms. The maximum absolute atomic E-state index is 3.67. The zero-order valence-electron chi connectivity index (χ0n) is 8.21. The van der Waals surface area contributed by atoms with Crippen molar-refractivity contribution in [1.29, 1.82) is 0 Å². The van der Waals surface area contributed by atoms with Crippen LogP contribution in [-0.4, -0.2) is 25.6 Å². The molecule has 0 aliphatic rings. The maximum atomic E-state index is 3.67.